The fraction of sp³-hybridized carbons (Fsp3) is 0.103. The predicted molar refractivity (Wildman–Crippen MR) is 147 cm³/mol. The van der Waals surface area contributed by atoms with Gasteiger partial charge < -0.3 is 15.2 Å². The minimum atomic E-state index is -1.11. The van der Waals surface area contributed by atoms with Crippen molar-refractivity contribution in [3.05, 3.63) is 123 Å². The molecule has 7 heteroatoms. The summed E-state index contributed by atoms with van der Waals surface area (Å²) in [6.07, 6.45) is 0.152. The molecule has 0 aliphatic carbocycles. The first-order chi connectivity index (χ1) is 17.4. The third-order valence-corrected chi connectivity index (χ3v) is 6.62. The number of ether oxygens (including phenoxy) is 1. The fourth-order valence-electron chi connectivity index (χ4n) is 3.68. The molecule has 0 fully saturated rings. The van der Waals surface area contributed by atoms with E-state index in [2.05, 4.69) is 37.2 Å². The summed E-state index contributed by atoms with van der Waals surface area (Å²) < 4.78 is 7.56. The molecule has 0 saturated carbocycles. The van der Waals surface area contributed by atoms with Gasteiger partial charge in [-0.15, -0.1) is 0 Å². The van der Waals surface area contributed by atoms with E-state index < -0.39 is 17.9 Å². The molecule has 2 N–H and O–H groups in total. The second-order valence-corrected chi connectivity index (χ2v) is 10.0. The van der Waals surface area contributed by atoms with E-state index in [9.17, 15) is 14.7 Å². The Kier molecular flexibility index (Phi) is 8.57. The molecule has 4 aromatic rings. The molecular weight excluding hydrogens is 586 g/mol. The first-order valence-electron chi connectivity index (χ1n) is 11.2. The summed E-state index contributed by atoms with van der Waals surface area (Å²) in [5.41, 5.74) is 4.12. The van der Waals surface area contributed by atoms with Crippen molar-refractivity contribution in [2.75, 3.05) is 0 Å². The van der Waals surface area contributed by atoms with Crippen LogP contribution >= 0.6 is 31.9 Å². The fourth-order valence-corrected chi connectivity index (χ4v) is 4.31. The van der Waals surface area contributed by atoms with E-state index >= 15 is 0 Å². The molecule has 36 heavy (non-hydrogen) atoms. The minimum Gasteiger partial charge on any atom is -0.488 e. The Hall–Kier alpha value is -3.42. The number of rotatable bonds is 9. The van der Waals surface area contributed by atoms with Crippen LogP contribution in [0.15, 0.2) is 106 Å². The van der Waals surface area contributed by atoms with Gasteiger partial charge in [-0.1, -0.05) is 98.6 Å². The molecule has 5 nitrogen and oxygen atoms in total. The maximum Gasteiger partial charge on any atom is 0.326 e. The average molecular weight is 609 g/mol. The van der Waals surface area contributed by atoms with Gasteiger partial charge in [0.15, 0.2) is 0 Å². The molecule has 4 rings (SSSR count). The third kappa shape index (κ3) is 6.83. The summed E-state index contributed by atoms with van der Waals surface area (Å²) >= 11 is 6.79. The van der Waals surface area contributed by atoms with Crippen LogP contribution in [0.25, 0.3) is 11.1 Å². The maximum absolute atomic E-state index is 13.1. The lowest BCUT2D eigenvalue weighted by molar-refractivity contribution is -0.139. The highest BCUT2D eigenvalue weighted by molar-refractivity contribution is 9.10. The van der Waals surface area contributed by atoms with E-state index in [1.807, 2.05) is 78.9 Å². The monoisotopic (exact) mass is 607 g/mol. The van der Waals surface area contributed by atoms with Crippen LogP contribution < -0.4 is 10.1 Å². The van der Waals surface area contributed by atoms with Crippen molar-refractivity contribution in [3.63, 3.8) is 0 Å². The SMILES string of the molecule is O=C(N[C@@H](Cc1ccc(-c2ccccc2)cc1)C(=O)O)c1cc(Br)ccc1OCc1ccc(Br)cc1. The Morgan fingerprint density at radius 2 is 1.39 bits per heavy atom. The highest BCUT2D eigenvalue weighted by atomic mass is 79.9. The summed E-state index contributed by atoms with van der Waals surface area (Å²) in [7, 11) is 0. The molecule has 0 bridgehead atoms. The Labute approximate surface area is 226 Å². The predicted octanol–water partition coefficient (Wildman–Crippen LogP) is 6.88. The van der Waals surface area contributed by atoms with Crippen molar-refractivity contribution in [1.29, 1.82) is 0 Å². The van der Waals surface area contributed by atoms with Crippen LogP contribution in [0.2, 0.25) is 0 Å². The normalized spacial score (nSPS) is 11.5. The molecule has 4 aromatic carbocycles. The van der Waals surface area contributed by atoms with Gasteiger partial charge in [0.05, 0.1) is 5.56 Å². The van der Waals surface area contributed by atoms with Crippen molar-refractivity contribution in [1.82, 2.24) is 5.32 Å². The number of nitrogens with one attached hydrogen (secondary N) is 1. The van der Waals surface area contributed by atoms with Gasteiger partial charge in [-0.3, -0.25) is 4.79 Å². The number of carboxylic acid groups (broad SMARTS) is 1. The van der Waals surface area contributed by atoms with Gasteiger partial charge >= 0.3 is 5.97 Å². The van der Waals surface area contributed by atoms with Gasteiger partial charge in [0, 0.05) is 15.4 Å². The van der Waals surface area contributed by atoms with Crippen molar-refractivity contribution >= 4 is 43.7 Å². The van der Waals surface area contributed by atoms with E-state index in [0.717, 1.165) is 26.7 Å². The van der Waals surface area contributed by atoms with Crippen molar-refractivity contribution in [2.45, 2.75) is 19.1 Å². The second-order valence-electron chi connectivity index (χ2n) is 8.19. The lowest BCUT2D eigenvalue weighted by atomic mass is 10.0. The molecule has 0 unspecified atom stereocenters. The molecule has 1 atom stereocenters. The largest absolute Gasteiger partial charge is 0.488 e. The van der Waals surface area contributed by atoms with Gasteiger partial charge in [0.25, 0.3) is 5.91 Å². The van der Waals surface area contributed by atoms with Crippen LogP contribution in [0.1, 0.15) is 21.5 Å². The molecule has 0 saturated heterocycles. The molecule has 0 spiro atoms. The highest BCUT2D eigenvalue weighted by Gasteiger charge is 2.23. The van der Waals surface area contributed by atoms with Gasteiger partial charge in [0.2, 0.25) is 0 Å². The number of aliphatic carboxylic acids is 1. The minimum absolute atomic E-state index is 0.152. The number of carboxylic acids is 1. The number of carbonyl (C=O) groups is 2. The van der Waals surface area contributed by atoms with E-state index in [-0.39, 0.29) is 18.6 Å². The third-order valence-electron chi connectivity index (χ3n) is 5.60. The topological polar surface area (TPSA) is 75.6 Å². The van der Waals surface area contributed by atoms with Crippen LogP contribution in [0.3, 0.4) is 0 Å². The molecule has 0 aliphatic heterocycles. The lowest BCUT2D eigenvalue weighted by Crippen LogP contribution is -2.42. The number of hydrogen-bond acceptors (Lipinski definition) is 3. The number of carbonyl (C=O) groups excluding carboxylic acids is 1. The number of benzene rings is 4. The van der Waals surface area contributed by atoms with E-state index in [0.29, 0.717) is 10.2 Å². The number of hydrogen-bond donors (Lipinski definition) is 2. The average Bonchev–Trinajstić information content (AvgIpc) is 2.89. The second kappa shape index (κ2) is 12.0. The molecule has 0 aromatic heterocycles. The molecular formula is C29H23Br2NO4. The van der Waals surface area contributed by atoms with Crippen LogP contribution in [0.5, 0.6) is 5.75 Å². The molecule has 0 heterocycles. The van der Waals surface area contributed by atoms with Crippen LogP contribution in [0.4, 0.5) is 0 Å². The van der Waals surface area contributed by atoms with Gasteiger partial charge in [-0.2, -0.15) is 0 Å². The van der Waals surface area contributed by atoms with Gasteiger partial charge in [-0.05, 0) is 52.6 Å². The quantitative estimate of drug-likeness (QED) is 0.217. The van der Waals surface area contributed by atoms with Gasteiger partial charge in [0.1, 0.15) is 18.4 Å². The Balaban J connectivity index is 1.46. The molecule has 182 valence electrons. The lowest BCUT2D eigenvalue weighted by Gasteiger charge is -2.17. The van der Waals surface area contributed by atoms with Crippen molar-refractivity contribution in [2.24, 2.45) is 0 Å². The van der Waals surface area contributed by atoms with E-state index in [1.54, 1.807) is 18.2 Å². The molecule has 1 amide bonds. The maximum atomic E-state index is 13.1. The smallest absolute Gasteiger partial charge is 0.326 e. The van der Waals surface area contributed by atoms with Crippen molar-refractivity contribution < 1.29 is 19.4 Å². The number of amides is 1. The zero-order chi connectivity index (χ0) is 25.5. The Morgan fingerprint density at radius 3 is 2.06 bits per heavy atom. The first-order valence-corrected chi connectivity index (χ1v) is 12.8. The van der Waals surface area contributed by atoms with Crippen LogP contribution in [0, 0.1) is 0 Å². The summed E-state index contributed by atoms with van der Waals surface area (Å²) in [4.78, 5) is 25.1. The van der Waals surface area contributed by atoms with E-state index in [1.165, 1.54) is 0 Å². The van der Waals surface area contributed by atoms with Gasteiger partial charge in [-0.25, -0.2) is 4.79 Å². The van der Waals surface area contributed by atoms with Crippen LogP contribution in [-0.2, 0) is 17.8 Å². The zero-order valence-corrected chi connectivity index (χ0v) is 22.3. The summed E-state index contributed by atoms with van der Waals surface area (Å²) in [6.45, 7) is 0.269. The Morgan fingerprint density at radius 1 is 0.778 bits per heavy atom. The standard InChI is InChI=1S/C29H23Br2NO4/c30-23-12-8-20(9-13-23)18-36-27-15-14-24(31)17-25(27)28(33)32-26(29(34)35)16-19-6-10-22(11-7-19)21-4-2-1-3-5-21/h1-15,17,26H,16,18H2,(H,32,33)(H,34,35)/t26-/m0/s1. The first kappa shape index (κ1) is 25.7. The molecule has 0 radical (unpaired) electrons. The highest BCUT2D eigenvalue weighted by Crippen LogP contribution is 2.25. The van der Waals surface area contributed by atoms with E-state index in [4.69, 9.17) is 4.74 Å². The zero-order valence-electron chi connectivity index (χ0n) is 19.2. The number of halogens is 2. The summed E-state index contributed by atoms with van der Waals surface area (Å²) in [5, 5.41) is 12.5. The summed E-state index contributed by atoms with van der Waals surface area (Å²) in [5.74, 6) is -1.26. The van der Waals surface area contributed by atoms with Crippen LogP contribution in [-0.4, -0.2) is 23.0 Å². The van der Waals surface area contributed by atoms with Crippen molar-refractivity contribution in [3.8, 4) is 16.9 Å². The summed E-state index contributed by atoms with van der Waals surface area (Å²) in [6, 6.07) is 29.3. The molecule has 0 aliphatic rings. The Bertz CT molecular complexity index is 1340.